The number of carbonyl (C=O) groups is 1. The van der Waals surface area contributed by atoms with E-state index in [1.165, 1.54) is 18.9 Å². The molecule has 1 heterocycles. The van der Waals surface area contributed by atoms with Gasteiger partial charge in [-0.2, -0.15) is 0 Å². The summed E-state index contributed by atoms with van der Waals surface area (Å²) in [5.74, 6) is 0.321. The van der Waals surface area contributed by atoms with Gasteiger partial charge < -0.3 is 14.9 Å². The molecule has 1 aliphatic rings. The molecule has 0 atom stereocenters. The van der Waals surface area contributed by atoms with Crippen molar-refractivity contribution in [2.75, 3.05) is 6.54 Å². The lowest BCUT2D eigenvalue weighted by Crippen LogP contribution is -2.15. The van der Waals surface area contributed by atoms with Crippen LogP contribution in [0.3, 0.4) is 0 Å². The molecule has 76 valence electrons. The highest BCUT2D eigenvalue weighted by atomic mass is 16.5. The largest absolute Gasteiger partial charge is 0.476 e. The van der Waals surface area contributed by atoms with Crippen LogP contribution in [0, 0.1) is 5.92 Å². The zero-order chi connectivity index (χ0) is 9.97. The van der Waals surface area contributed by atoms with Gasteiger partial charge in [-0.15, -0.1) is 0 Å². The average molecular weight is 196 g/mol. The summed E-state index contributed by atoms with van der Waals surface area (Å²) >= 11 is 0. The maximum atomic E-state index is 10.5. The summed E-state index contributed by atoms with van der Waals surface area (Å²) in [5.41, 5.74) is -0.0341. The van der Waals surface area contributed by atoms with Crippen molar-refractivity contribution in [3.63, 3.8) is 0 Å². The van der Waals surface area contributed by atoms with E-state index in [2.05, 4.69) is 10.5 Å². The predicted molar refractivity (Wildman–Crippen MR) is 47.9 cm³/mol. The van der Waals surface area contributed by atoms with Gasteiger partial charge in [-0.25, -0.2) is 4.79 Å². The Kier molecular flexibility index (Phi) is 2.49. The smallest absolute Gasteiger partial charge is 0.358 e. The first-order valence-corrected chi connectivity index (χ1v) is 4.65. The van der Waals surface area contributed by atoms with E-state index in [0.29, 0.717) is 12.3 Å². The summed E-state index contributed by atoms with van der Waals surface area (Å²) in [6.07, 6.45) is 2.59. The van der Waals surface area contributed by atoms with Crippen LogP contribution in [-0.4, -0.2) is 22.8 Å². The van der Waals surface area contributed by atoms with Crippen LogP contribution in [0.15, 0.2) is 10.6 Å². The second kappa shape index (κ2) is 3.79. The number of carboxylic acids is 1. The first-order valence-electron chi connectivity index (χ1n) is 4.65. The highest BCUT2D eigenvalue weighted by molar-refractivity contribution is 5.85. The molecule has 1 fully saturated rings. The Labute approximate surface area is 81.1 Å². The van der Waals surface area contributed by atoms with Crippen molar-refractivity contribution < 1.29 is 14.4 Å². The third-order valence-electron chi connectivity index (χ3n) is 2.21. The van der Waals surface area contributed by atoms with E-state index < -0.39 is 5.97 Å². The minimum absolute atomic E-state index is 0.0341. The van der Waals surface area contributed by atoms with Crippen LogP contribution in [0.4, 0.5) is 0 Å². The number of hydrogen-bond acceptors (Lipinski definition) is 4. The molecule has 14 heavy (non-hydrogen) atoms. The zero-order valence-corrected chi connectivity index (χ0v) is 7.69. The number of aromatic carboxylic acids is 1. The summed E-state index contributed by atoms with van der Waals surface area (Å²) in [4.78, 5) is 10.5. The molecule has 2 rings (SSSR count). The molecular formula is C9H12N2O3. The van der Waals surface area contributed by atoms with Crippen LogP contribution in [-0.2, 0) is 6.54 Å². The normalized spacial score (nSPS) is 15.7. The highest BCUT2D eigenvalue weighted by Crippen LogP contribution is 2.27. The van der Waals surface area contributed by atoms with Gasteiger partial charge in [0.25, 0.3) is 0 Å². The number of rotatable bonds is 5. The van der Waals surface area contributed by atoms with Crippen molar-refractivity contribution in [2.24, 2.45) is 5.92 Å². The molecule has 1 aromatic rings. The Balaban J connectivity index is 1.79. The fourth-order valence-electron chi connectivity index (χ4n) is 1.22. The molecule has 1 saturated carbocycles. The van der Waals surface area contributed by atoms with Gasteiger partial charge in [0.1, 0.15) is 0 Å². The van der Waals surface area contributed by atoms with E-state index in [9.17, 15) is 4.79 Å². The van der Waals surface area contributed by atoms with Crippen molar-refractivity contribution in [3.8, 4) is 0 Å². The van der Waals surface area contributed by atoms with Gasteiger partial charge in [0.05, 0.1) is 6.54 Å². The number of hydrogen-bond donors (Lipinski definition) is 2. The Morgan fingerprint density at radius 3 is 3.07 bits per heavy atom. The summed E-state index contributed by atoms with van der Waals surface area (Å²) in [7, 11) is 0. The summed E-state index contributed by atoms with van der Waals surface area (Å²) in [6, 6.07) is 1.45. The standard InChI is InChI=1S/C9H12N2O3/c12-9(13)8-3-7(14-11-8)5-10-4-6-1-2-6/h3,6,10H,1-2,4-5H2,(H,12,13). The van der Waals surface area contributed by atoms with Crippen LogP contribution >= 0.6 is 0 Å². The van der Waals surface area contributed by atoms with Crippen LogP contribution in [0.5, 0.6) is 0 Å². The lowest BCUT2D eigenvalue weighted by Gasteiger charge is -1.97. The van der Waals surface area contributed by atoms with Crippen LogP contribution in [0.2, 0.25) is 0 Å². The molecule has 0 unspecified atom stereocenters. The molecule has 5 nitrogen and oxygen atoms in total. The van der Waals surface area contributed by atoms with E-state index in [-0.39, 0.29) is 5.69 Å². The monoisotopic (exact) mass is 196 g/mol. The fraction of sp³-hybridized carbons (Fsp3) is 0.556. The molecule has 1 aromatic heterocycles. The maximum Gasteiger partial charge on any atom is 0.358 e. The van der Waals surface area contributed by atoms with Gasteiger partial charge >= 0.3 is 5.97 Å². The summed E-state index contributed by atoms with van der Waals surface area (Å²) in [5, 5.41) is 15.2. The molecule has 0 amide bonds. The third kappa shape index (κ3) is 2.32. The van der Waals surface area contributed by atoms with Crippen LogP contribution < -0.4 is 5.32 Å². The lowest BCUT2D eigenvalue weighted by atomic mass is 10.3. The molecule has 0 aromatic carbocycles. The summed E-state index contributed by atoms with van der Waals surface area (Å²) in [6.45, 7) is 1.53. The molecule has 0 radical (unpaired) electrons. The molecular weight excluding hydrogens is 184 g/mol. The van der Waals surface area contributed by atoms with Crippen LogP contribution in [0.1, 0.15) is 29.1 Å². The second-order valence-corrected chi connectivity index (χ2v) is 3.56. The van der Waals surface area contributed by atoms with Crippen LogP contribution in [0.25, 0.3) is 0 Å². The van der Waals surface area contributed by atoms with Crippen molar-refractivity contribution >= 4 is 5.97 Å². The van der Waals surface area contributed by atoms with Gasteiger partial charge in [0.15, 0.2) is 11.5 Å². The van der Waals surface area contributed by atoms with Crippen molar-refractivity contribution in [2.45, 2.75) is 19.4 Å². The minimum Gasteiger partial charge on any atom is -0.476 e. The fourth-order valence-corrected chi connectivity index (χ4v) is 1.22. The molecule has 2 N–H and O–H groups in total. The summed E-state index contributed by atoms with van der Waals surface area (Å²) < 4.78 is 4.83. The lowest BCUT2D eigenvalue weighted by molar-refractivity contribution is 0.0685. The van der Waals surface area contributed by atoms with Crippen molar-refractivity contribution in [1.82, 2.24) is 10.5 Å². The van der Waals surface area contributed by atoms with E-state index in [1.807, 2.05) is 0 Å². The van der Waals surface area contributed by atoms with E-state index in [1.54, 1.807) is 0 Å². The zero-order valence-electron chi connectivity index (χ0n) is 7.69. The topological polar surface area (TPSA) is 75.4 Å². The molecule has 0 bridgehead atoms. The number of nitrogens with zero attached hydrogens (tertiary/aromatic N) is 1. The Bertz CT molecular complexity index is 331. The average Bonchev–Trinajstić information content (AvgIpc) is 2.82. The van der Waals surface area contributed by atoms with Gasteiger partial charge in [0, 0.05) is 6.07 Å². The van der Waals surface area contributed by atoms with Crippen molar-refractivity contribution in [3.05, 3.63) is 17.5 Å². The Morgan fingerprint density at radius 1 is 1.71 bits per heavy atom. The van der Waals surface area contributed by atoms with Crippen molar-refractivity contribution in [1.29, 1.82) is 0 Å². The first kappa shape index (κ1) is 9.21. The predicted octanol–water partition coefficient (Wildman–Crippen LogP) is 0.872. The molecule has 1 aliphatic carbocycles. The molecule has 5 heteroatoms. The molecule has 0 spiro atoms. The van der Waals surface area contributed by atoms with E-state index in [4.69, 9.17) is 9.63 Å². The Morgan fingerprint density at radius 2 is 2.50 bits per heavy atom. The van der Waals surface area contributed by atoms with E-state index >= 15 is 0 Å². The van der Waals surface area contributed by atoms with Gasteiger partial charge in [0.2, 0.25) is 0 Å². The number of carboxylic acid groups (broad SMARTS) is 1. The van der Waals surface area contributed by atoms with Gasteiger partial charge in [-0.1, -0.05) is 5.16 Å². The Hall–Kier alpha value is -1.36. The van der Waals surface area contributed by atoms with E-state index in [0.717, 1.165) is 12.5 Å². The third-order valence-corrected chi connectivity index (χ3v) is 2.21. The molecule has 0 saturated heterocycles. The van der Waals surface area contributed by atoms with Gasteiger partial charge in [-0.05, 0) is 25.3 Å². The highest BCUT2D eigenvalue weighted by Gasteiger charge is 2.20. The quantitative estimate of drug-likeness (QED) is 0.730. The maximum absolute atomic E-state index is 10.5. The first-order chi connectivity index (χ1) is 6.75. The number of nitrogens with one attached hydrogen (secondary N) is 1. The minimum atomic E-state index is -1.05. The number of aromatic nitrogens is 1. The molecule has 0 aliphatic heterocycles. The second-order valence-electron chi connectivity index (χ2n) is 3.56. The SMILES string of the molecule is O=C(O)c1cc(CNCC2CC2)on1. The van der Waals surface area contributed by atoms with Gasteiger partial charge in [-0.3, -0.25) is 0 Å².